The summed E-state index contributed by atoms with van der Waals surface area (Å²) < 4.78 is 30.1. The lowest BCUT2D eigenvalue weighted by Crippen LogP contribution is -2.50. The minimum Gasteiger partial charge on any atom is -0.497 e. The fourth-order valence-corrected chi connectivity index (χ4v) is 3.87. The maximum absolute atomic E-state index is 11.7. The molecule has 5 nitrogen and oxygen atoms in total. The summed E-state index contributed by atoms with van der Waals surface area (Å²) >= 11 is 0. The van der Waals surface area contributed by atoms with Gasteiger partial charge in [-0.15, -0.1) is 0 Å². The molecule has 1 aliphatic heterocycles. The van der Waals surface area contributed by atoms with E-state index in [0.29, 0.717) is 25.0 Å². The maximum Gasteiger partial charge on any atom is 0.211 e. The van der Waals surface area contributed by atoms with E-state index in [1.165, 1.54) is 11.8 Å². The second-order valence-corrected chi connectivity index (χ2v) is 7.90. The Kier molecular flexibility index (Phi) is 5.83. The number of hydrogen-bond donors (Lipinski definition) is 1. The van der Waals surface area contributed by atoms with Gasteiger partial charge in [0, 0.05) is 25.7 Å². The highest BCUT2D eigenvalue weighted by atomic mass is 32.2. The minimum atomic E-state index is -3.08. The predicted molar refractivity (Wildman–Crippen MR) is 88.4 cm³/mol. The van der Waals surface area contributed by atoms with Crippen LogP contribution in [0, 0.1) is 5.92 Å². The molecule has 0 radical (unpaired) electrons. The Hall–Kier alpha value is -1.11. The summed E-state index contributed by atoms with van der Waals surface area (Å²) in [5.41, 5.74) is 1.21. The molecule has 0 bridgehead atoms. The lowest BCUT2D eigenvalue weighted by atomic mass is 9.91. The molecule has 1 saturated heterocycles. The van der Waals surface area contributed by atoms with Crippen LogP contribution in [0.25, 0.3) is 0 Å². The third kappa shape index (κ3) is 4.44. The topological polar surface area (TPSA) is 58.6 Å². The van der Waals surface area contributed by atoms with Crippen LogP contribution >= 0.6 is 0 Å². The molecule has 1 heterocycles. The first kappa shape index (κ1) is 17.2. The van der Waals surface area contributed by atoms with E-state index in [9.17, 15) is 8.42 Å². The molecule has 2 atom stereocenters. The molecular formula is C16H26N2O3S. The van der Waals surface area contributed by atoms with E-state index in [4.69, 9.17) is 4.74 Å². The molecule has 1 aliphatic rings. The van der Waals surface area contributed by atoms with Crippen molar-refractivity contribution in [3.8, 4) is 5.75 Å². The van der Waals surface area contributed by atoms with E-state index in [0.717, 1.165) is 25.1 Å². The number of piperidine rings is 1. The molecule has 1 fully saturated rings. The fourth-order valence-electron chi connectivity index (χ4n) is 2.97. The summed E-state index contributed by atoms with van der Waals surface area (Å²) in [6, 6.07) is 8.39. The Labute approximate surface area is 133 Å². The first-order valence-corrected chi connectivity index (χ1v) is 9.60. The molecule has 1 aromatic rings. The van der Waals surface area contributed by atoms with Crippen molar-refractivity contribution >= 4 is 10.0 Å². The van der Waals surface area contributed by atoms with Crippen LogP contribution in [-0.4, -0.2) is 45.2 Å². The van der Waals surface area contributed by atoms with Gasteiger partial charge in [0.25, 0.3) is 0 Å². The largest absolute Gasteiger partial charge is 0.497 e. The highest BCUT2D eigenvalue weighted by molar-refractivity contribution is 7.88. The Balaban J connectivity index is 1.92. The van der Waals surface area contributed by atoms with Crippen molar-refractivity contribution in [1.82, 2.24) is 9.62 Å². The molecule has 1 aromatic carbocycles. The summed E-state index contributed by atoms with van der Waals surface area (Å²) in [4.78, 5) is 0. The highest BCUT2D eigenvalue weighted by Crippen LogP contribution is 2.22. The van der Waals surface area contributed by atoms with E-state index in [1.807, 2.05) is 12.1 Å². The van der Waals surface area contributed by atoms with Gasteiger partial charge in [-0.05, 0) is 30.0 Å². The summed E-state index contributed by atoms with van der Waals surface area (Å²) in [5, 5.41) is 3.59. The summed E-state index contributed by atoms with van der Waals surface area (Å²) in [5.74, 6) is 1.22. The van der Waals surface area contributed by atoms with Crippen molar-refractivity contribution < 1.29 is 13.2 Å². The molecule has 0 aromatic heterocycles. The van der Waals surface area contributed by atoms with Crippen LogP contribution in [0.15, 0.2) is 24.3 Å². The van der Waals surface area contributed by atoms with Crippen molar-refractivity contribution in [3.05, 3.63) is 29.8 Å². The van der Waals surface area contributed by atoms with Gasteiger partial charge in [0.15, 0.2) is 0 Å². The smallest absolute Gasteiger partial charge is 0.211 e. The first-order chi connectivity index (χ1) is 10.4. The number of benzene rings is 1. The average molecular weight is 326 g/mol. The molecule has 6 heteroatoms. The predicted octanol–water partition coefficient (Wildman–Crippen LogP) is 1.84. The van der Waals surface area contributed by atoms with Crippen LogP contribution in [0.4, 0.5) is 0 Å². The van der Waals surface area contributed by atoms with Gasteiger partial charge < -0.3 is 10.1 Å². The molecule has 0 spiro atoms. The molecule has 0 saturated carbocycles. The monoisotopic (exact) mass is 326 g/mol. The summed E-state index contributed by atoms with van der Waals surface area (Å²) in [7, 11) is -1.41. The van der Waals surface area contributed by atoms with Gasteiger partial charge in [0.05, 0.1) is 13.4 Å². The van der Waals surface area contributed by atoms with Crippen LogP contribution < -0.4 is 10.1 Å². The third-order valence-electron chi connectivity index (χ3n) is 4.42. The number of hydrogen-bond acceptors (Lipinski definition) is 4. The van der Waals surface area contributed by atoms with Crippen molar-refractivity contribution in [2.75, 3.05) is 26.5 Å². The quantitative estimate of drug-likeness (QED) is 0.867. The molecule has 0 aliphatic carbocycles. The van der Waals surface area contributed by atoms with Crippen molar-refractivity contribution in [1.29, 1.82) is 0 Å². The van der Waals surface area contributed by atoms with E-state index in [1.54, 1.807) is 11.4 Å². The Morgan fingerprint density at radius 1 is 1.32 bits per heavy atom. The first-order valence-electron chi connectivity index (χ1n) is 7.75. The summed E-state index contributed by atoms with van der Waals surface area (Å²) in [6.07, 6.45) is 3.14. The number of sulfonamides is 1. The van der Waals surface area contributed by atoms with E-state index in [-0.39, 0.29) is 0 Å². The van der Waals surface area contributed by atoms with Gasteiger partial charge in [-0.2, -0.15) is 0 Å². The van der Waals surface area contributed by atoms with Gasteiger partial charge in [-0.25, -0.2) is 12.7 Å². The number of nitrogens with one attached hydrogen (secondary N) is 1. The zero-order chi connectivity index (χ0) is 16.2. The van der Waals surface area contributed by atoms with Gasteiger partial charge in [0.1, 0.15) is 5.75 Å². The molecule has 2 rings (SSSR count). The van der Waals surface area contributed by atoms with Crippen LogP contribution in [0.3, 0.4) is 0 Å². The number of rotatable bonds is 6. The average Bonchev–Trinajstić information content (AvgIpc) is 2.52. The van der Waals surface area contributed by atoms with Crippen molar-refractivity contribution in [3.63, 3.8) is 0 Å². The zero-order valence-electron chi connectivity index (χ0n) is 13.6. The van der Waals surface area contributed by atoms with Gasteiger partial charge in [-0.3, -0.25) is 0 Å². The fraction of sp³-hybridized carbons (Fsp3) is 0.625. The number of nitrogens with zero attached hydrogens (tertiary/aromatic N) is 1. The SMILES string of the molecule is CC[C@@H]1CN(S(C)(=O)=O)CC[C@H]1NCc1ccc(OC)cc1. The van der Waals surface area contributed by atoms with Crippen LogP contribution in [0.2, 0.25) is 0 Å². The van der Waals surface area contributed by atoms with Crippen LogP contribution in [-0.2, 0) is 16.6 Å². The lowest BCUT2D eigenvalue weighted by molar-refractivity contribution is 0.202. The molecular weight excluding hydrogens is 300 g/mol. The van der Waals surface area contributed by atoms with E-state index < -0.39 is 10.0 Å². The van der Waals surface area contributed by atoms with Gasteiger partial charge in [-0.1, -0.05) is 25.5 Å². The van der Waals surface area contributed by atoms with Crippen LogP contribution in [0.1, 0.15) is 25.3 Å². The number of methoxy groups -OCH3 is 1. The molecule has 1 N–H and O–H groups in total. The molecule has 22 heavy (non-hydrogen) atoms. The molecule has 124 valence electrons. The van der Waals surface area contributed by atoms with Gasteiger partial charge in [0.2, 0.25) is 10.0 Å². The molecule has 0 unspecified atom stereocenters. The third-order valence-corrected chi connectivity index (χ3v) is 5.69. The van der Waals surface area contributed by atoms with Crippen molar-refractivity contribution in [2.24, 2.45) is 5.92 Å². The van der Waals surface area contributed by atoms with E-state index >= 15 is 0 Å². The zero-order valence-corrected chi connectivity index (χ0v) is 14.4. The lowest BCUT2D eigenvalue weighted by Gasteiger charge is -2.37. The minimum absolute atomic E-state index is 0.363. The summed E-state index contributed by atoms with van der Waals surface area (Å²) in [6.45, 7) is 4.15. The standard InChI is InChI=1S/C16H26N2O3S/c1-4-14-12-18(22(3,19)20)10-9-16(14)17-11-13-5-7-15(21-2)8-6-13/h5-8,14,16-17H,4,9-12H2,1-3H3/t14-,16-/m1/s1. The second-order valence-electron chi connectivity index (χ2n) is 5.91. The Bertz CT molecular complexity index is 572. The highest BCUT2D eigenvalue weighted by Gasteiger charge is 2.31. The Morgan fingerprint density at radius 2 is 2.00 bits per heavy atom. The Morgan fingerprint density at radius 3 is 2.55 bits per heavy atom. The second kappa shape index (κ2) is 7.44. The molecule has 0 amide bonds. The van der Waals surface area contributed by atoms with Crippen LogP contribution in [0.5, 0.6) is 5.75 Å². The number of ether oxygens (including phenoxy) is 1. The van der Waals surface area contributed by atoms with Gasteiger partial charge >= 0.3 is 0 Å². The maximum atomic E-state index is 11.7. The van der Waals surface area contributed by atoms with E-state index in [2.05, 4.69) is 24.4 Å². The van der Waals surface area contributed by atoms with Crippen molar-refractivity contribution in [2.45, 2.75) is 32.4 Å². The normalized spacial score (nSPS) is 23.4.